The number of hydrogen-bond acceptors (Lipinski definition) is 8. The Balaban J connectivity index is 1.18. The summed E-state index contributed by atoms with van der Waals surface area (Å²) in [5, 5.41) is 5.53. The highest BCUT2D eigenvalue weighted by Gasteiger charge is 2.15. The monoisotopic (exact) mass is 450 g/mol. The summed E-state index contributed by atoms with van der Waals surface area (Å²) in [6.07, 6.45) is 0.122. The smallest absolute Gasteiger partial charge is 0.312 e. The first-order chi connectivity index (χ1) is 15.2. The van der Waals surface area contributed by atoms with Crippen LogP contribution < -0.4 is 9.47 Å². The van der Waals surface area contributed by atoms with Crippen LogP contribution in [0.5, 0.6) is 11.5 Å². The summed E-state index contributed by atoms with van der Waals surface area (Å²) in [5.41, 5.74) is 3.42. The van der Waals surface area contributed by atoms with E-state index in [1.165, 1.54) is 22.7 Å². The minimum atomic E-state index is -0.326. The zero-order valence-corrected chi connectivity index (χ0v) is 18.1. The number of nitrogens with zero attached hydrogens (tertiary/aromatic N) is 2. The number of esters is 1. The molecule has 156 valence electrons. The van der Waals surface area contributed by atoms with Gasteiger partial charge < -0.3 is 14.2 Å². The average Bonchev–Trinajstić information content (AvgIpc) is 3.48. The van der Waals surface area contributed by atoms with Crippen molar-refractivity contribution in [1.82, 2.24) is 9.97 Å². The number of carbonyl (C=O) groups excluding carboxylic acids is 1. The maximum Gasteiger partial charge on any atom is 0.312 e. The van der Waals surface area contributed by atoms with Gasteiger partial charge in [-0.15, -0.1) is 22.7 Å². The molecule has 0 aliphatic carbocycles. The quantitative estimate of drug-likeness (QED) is 0.386. The zero-order chi connectivity index (χ0) is 21.0. The Bertz CT molecular complexity index is 1200. The van der Waals surface area contributed by atoms with Crippen LogP contribution in [0.3, 0.4) is 0 Å². The number of hydrogen-bond donors (Lipinski definition) is 0. The molecule has 0 radical (unpaired) electrons. The van der Waals surface area contributed by atoms with Gasteiger partial charge in [0.2, 0.25) is 0 Å². The number of rotatable bonds is 6. The van der Waals surface area contributed by atoms with Crippen molar-refractivity contribution in [2.45, 2.75) is 13.0 Å². The summed E-state index contributed by atoms with van der Waals surface area (Å²) >= 11 is 3.02. The Morgan fingerprint density at radius 1 is 0.871 bits per heavy atom. The van der Waals surface area contributed by atoms with Gasteiger partial charge in [0.25, 0.3) is 0 Å². The largest absolute Gasteiger partial charge is 0.486 e. The summed E-state index contributed by atoms with van der Waals surface area (Å²) in [5.74, 6) is 1.14. The van der Waals surface area contributed by atoms with Crippen LogP contribution in [0.1, 0.15) is 11.4 Å². The fourth-order valence-electron chi connectivity index (χ4n) is 3.14. The van der Waals surface area contributed by atoms with Crippen molar-refractivity contribution in [2.24, 2.45) is 0 Å². The molecule has 1 aliphatic rings. The van der Waals surface area contributed by atoms with E-state index in [4.69, 9.17) is 14.2 Å². The Morgan fingerprint density at radius 3 is 2.42 bits per heavy atom. The SMILES string of the molecule is O=C(Cc1csc(-c2ccc3c(c2)OCCO3)n1)OCc1csc(-c2ccccc2)n1. The highest BCUT2D eigenvalue weighted by atomic mass is 32.1. The number of carbonyl (C=O) groups is 1. The topological polar surface area (TPSA) is 70.5 Å². The van der Waals surface area contributed by atoms with E-state index < -0.39 is 0 Å². The molecule has 0 atom stereocenters. The lowest BCUT2D eigenvalue weighted by molar-refractivity contribution is -0.144. The predicted octanol–water partition coefficient (Wildman–Crippen LogP) is 4.99. The van der Waals surface area contributed by atoms with E-state index >= 15 is 0 Å². The van der Waals surface area contributed by atoms with E-state index in [1.807, 2.05) is 59.3 Å². The summed E-state index contributed by atoms with van der Waals surface area (Å²) < 4.78 is 16.6. The Hall–Kier alpha value is -3.23. The van der Waals surface area contributed by atoms with Crippen molar-refractivity contribution in [3.8, 4) is 32.6 Å². The maximum absolute atomic E-state index is 12.3. The lowest BCUT2D eigenvalue weighted by atomic mass is 10.2. The van der Waals surface area contributed by atoms with Crippen molar-refractivity contribution < 1.29 is 19.0 Å². The lowest BCUT2D eigenvalue weighted by Gasteiger charge is -2.18. The molecule has 4 aromatic rings. The van der Waals surface area contributed by atoms with Crippen LogP contribution in [-0.4, -0.2) is 29.2 Å². The van der Waals surface area contributed by atoms with Crippen molar-refractivity contribution in [1.29, 1.82) is 0 Å². The van der Waals surface area contributed by atoms with Gasteiger partial charge in [-0.1, -0.05) is 30.3 Å². The minimum absolute atomic E-state index is 0.122. The first kappa shape index (κ1) is 19.7. The maximum atomic E-state index is 12.3. The highest BCUT2D eigenvalue weighted by molar-refractivity contribution is 7.13. The van der Waals surface area contributed by atoms with Crippen LogP contribution in [0.2, 0.25) is 0 Å². The van der Waals surface area contributed by atoms with Gasteiger partial charge in [-0.3, -0.25) is 4.79 Å². The molecule has 0 N–H and O–H groups in total. The first-order valence-electron chi connectivity index (χ1n) is 9.74. The second kappa shape index (κ2) is 8.87. The number of thiazole rings is 2. The molecule has 8 heteroatoms. The van der Waals surface area contributed by atoms with Gasteiger partial charge >= 0.3 is 5.97 Å². The number of fused-ring (bicyclic) bond motifs is 1. The van der Waals surface area contributed by atoms with Gasteiger partial charge in [0.1, 0.15) is 29.8 Å². The molecule has 0 fully saturated rings. The van der Waals surface area contributed by atoms with Gasteiger partial charge in [-0.25, -0.2) is 9.97 Å². The van der Waals surface area contributed by atoms with Crippen molar-refractivity contribution >= 4 is 28.6 Å². The van der Waals surface area contributed by atoms with Crippen LogP contribution >= 0.6 is 22.7 Å². The second-order valence-corrected chi connectivity index (χ2v) is 8.57. The van der Waals surface area contributed by atoms with E-state index in [0.717, 1.165) is 38.3 Å². The third kappa shape index (κ3) is 4.60. The molecular weight excluding hydrogens is 432 g/mol. The number of ether oxygens (including phenoxy) is 3. The molecule has 0 unspecified atom stereocenters. The van der Waals surface area contributed by atoms with E-state index in [2.05, 4.69) is 9.97 Å². The molecule has 0 saturated heterocycles. The first-order valence-corrected chi connectivity index (χ1v) is 11.5. The van der Waals surface area contributed by atoms with Crippen LogP contribution in [0.4, 0.5) is 0 Å². The van der Waals surface area contributed by atoms with Gasteiger partial charge in [-0.05, 0) is 18.2 Å². The zero-order valence-electron chi connectivity index (χ0n) is 16.4. The predicted molar refractivity (Wildman–Crippen MR) is 120 cm³/mol. The van der Waals surface area contributed by atoms with Crippen LogP contribution in [-0.2, 0) is 22.6 Å². The second-order valence-electron chi connectivity index (χ2n) is 6.85. The van der Waals surface area contributed by atoms with E-state index in [1.54, 1.807) is 0 Å². The Kier molecular flexibility index (Phi) is 5.64. The van der Waals surface area contributed by atoms with Crippen molar-refractivity contribution in [3.05, 3.63) is 70.7 Å². The van der Waals surface area contributed by atoms with E-state index in [9.17, 15) is 4.79 Å². The summed E-state index contributed by atoms with van der Waals surface area (Å²) in [6.45, 7) is 1.25. The fraction of sp³-hybridized carbons (Fsp3) is 0.174. The van der Waals surface area contributed by atoms with Gasteiger partial charge in [0, 0.05) is 21.9 Å². The summed E-state index contributed by atoms with van der Waals surface area (Å²) in [6, 6.07) is 15.7. The van der Waals surface area contributed by atoms with Gasteiger partial charge in [-0.2, -0.15) is 0 Å². The third-order valence-electron chi connectivity index (χ3n) is 4.62. The molecular formula is C23H18N2O4S2. The standard InChI is InChI=1S/C23H18N2O4S2/c26-21(29-12-18-14-31-22(25-18)15-4-2-1-3-5-15)11-17-13-30-23(24-17)16-6-7-19-20(10-16)28-9-8-27-19/h1-7,10,13-14H,8-9,11-12H2. The number of aromatic nitrogens is 2. The molecule has 0 saturated carbocycles. The fourth-order valence-corrected chi connectivity index (χ4v) is 4.76. The summed E-state index contributed by atoms with van der Waals surface area (Å²) in [7, 11) is 0. The molecule has 0 amide bonds. The third-order valence-corrected chi connectivity index (χ3v) is 6.50. The lowest BCUT2D eigenvalue weighted by Crippen LogP contribution is -2.15. The van der Waals surface area contributed by atoms with Gasteiger partial charge in [0.15, 0.2) is 11.5 Å². The van der Waals surface area contributed by atoms with E-state index in [-0.39, 0.29) is 19.0 Å². The summed E-state index contributed by atoms with van der Waals surface area (Å²) in [4.78, 5) is 21.4. The molecule has 2 aromatic carbocycles. The van der Waals surface area contributed by atoms with E-state index in [0.29, 0.717) is 18.9 Å². The van der Waals surface area contributed by atoms with Crippen LogP contribution in [0, 0.1) is 0 Å². The number of benzene rings is 2. The molecule has 6 nitrogen and oxygen atoms in total. The highest BCUT2D eigenvalue weighted by Crippen LogP contribution is 2.35. The Labute approximate surface area is 187 Å². The van der Waals surface area contributed by atoms with Crippen LogP contribution in [0.15, 0.2) is 59.3 Å². The normalized spacial score (nSPS) is 12.5. The Morgan fingerprint density at radius 2 is 1.58 bits per heavy atom. The molecule has 1 aliphatic heterocycles. The molecule has 31 heavy (non-hydrogen) atoms. The molecule has 0 spiro atoms. The minimum Gasteiger partial charge on any atom is -0.486 e. The van der Waals surface area contributed by atoms with Crippen molar-refractivity contribution in [2.75, 3.05) is 13.2 Å². The molecule has 5 rings (SSSR count). The average molecular weight is 451 g/mol. The molecule has 3 heterocycles. The van der Waals surface area contributed by atoms with Crippen molar-refractivity contribution in [3.63, 3.8) is 0 Å². The molecule has 0 bridgehead atoms. The van der Waals surface area contributed by atoms with Gasteiger partial charge in [0.05, 0.1) is 17.8 Å². The van der Waals surface area contributed by atoms with Crippen LogP contribution in [0.25, 0.3) is 21.1 Å². The molecule has 2 aromatic heterocycles.